The topological polar surface area (TPSA) is 66.9 Å². The van der Waals surface area contributed by atoms with Crippen molar-refractivity contribution in [2.24, 2.45) is 0 Å². The highest BCUT2D eigenvalue weighted by atomic mass is 16.1. The van der Waals surface area contributed by atoms with Crippen molar-refractivity contribution in [3.8, 4) is 0 Å². The largest absolute Gasteiger partial charge is 0.366 e. The van der Waals surface area contributed by atoms with Gasteiger partial charge in [0.15, 0.2) is 0 Å². The molecule has 122 valence electrons. The molecule has 0 saturated heterocycles. The molecule has 0 atom stereocenters. The van der Waals surface area contributed by atoms with E-state index in [2.05, 4.69) is 52.6 Å². The Kier molecular flexibility index (Phi) is 6.09. The van der Waals surface area contributed by atoms with Gasteiger partial charge in [0.2, 0.25) is 0 Å². The van der Waals surface area contributed by atoms with Crippen molar-refractivity contribution in [3.63, 3.8) is 0 Å². The number of anilines is 1. The fourth-order valence-electron chi connectivity index (χ4n) is 2.26. The number of carbonyl (C=O) groups is 1. The van der Waals surface area contributed by atoms with E-state index in [1.54, 1.807) is 13.0 Å². The Hall–Kier alpha value is -2.43. The number of rotatable bonds is 7. The molecule has 0 aliphatic carbocycles. The Morgan fingerprint density at radius 3 is 2.74 bits per heavy atom. The summed E-state index contributed by atoms with van der Waals surface area (Å²) < 4.78 is 0. The molecule has 5 heteroatoms. The summed E-state index contributed by atoms with van der Waals surface area (Å²) in [5, 5.41) is 6.14. The first-order valence-corrected chi connectivity index (χ1v) is 8.02. The number of aromatic nitrogens is 2. The van der Waals surface area contributed by atoms with Crippen LogP contribution in [0.2, 0.25) is 0 Å². The van der Waals surface area contributed by atoms with E-state index in [0.29, 0.717) is 30.4 Å². The highest BCUT2D eigenvalue weighted by molar-refractivity contribution is 5.92. The van der Waals surface area contributed by atoms with E-state index < -0.39 is 0 Å². The lowest BCUT2D eigenvalue weighted by Crippen LogP contribution is -2.25. The summed E-state index contributed by atoms with van der Waals surface area (Å²) in [6.45, 7) is 7.28. The summed E-state index contributed by atoms with van der Waals surface area (Å²) in [6.07, 6.45) is 2.01. The molecule has 0 aliphatic rings. The average Bonchev–Trinajstić information content (AvgIpc) is 2.53. The molecule has 1 heterocycles. The van der Waals surface area contributed by atoms with Crippen LogP contribution in [-0.4, -0.2) is 22.4 Å². The number of carbonyl (C=O) groups excluding carboxylic acids is 1. The van der Waals surface area contributed by atoms with Crippen molar-refractivity contribution in [1.29, 1.82) is 0 Å². The lowest BCUT2D eigenvalue weighted by atomic mass is 10.1. The minimum absolute atomic E-state index is 0.150. The first kappa shape index (κ1) is 16.9. The summed E-state index contributed by atoms with van der Waals surface area (Å²) in [5.74, 6) is 1.10. The maximum Gasteiger partial charge on any atom is 0.270 e. The first-order chi connectivity index (χ1) is 11.1. The molecular weight excluding hydrogens is 288 g/mol. The molecule has 1 aromatic heterocycles. The number of unbranched alkanes of at least 4 members (excludes halogenated alkanes) is 1. The van der Waals surface area contributed by atoms with Gasteiger partial charge in [0.1, 0.15) is 17.3 Å². The quantitative estimate of drug-likeness (QED) is 0.770. The van der Waals surface area contributed by atoms with Gasteiger partial charge in [-0.05, 0) is 25.8 Å². The van der Waals surface area contributed by atoms with E-state index in [1.165, 1.54) is 11.1 Å². The van der Waals surface area contributed by atoms with Crippen molar-refractivity contribution < 1.29 is 4.79 Å². The molecule has 0 unspecified atom stereocenters. The fourth-order valence-corrected chi connectivity index (χ4v) is 2.26. The number of amides is 1. The Bertz CT molecular complexity index is 670. The lowest BCUT2D eigenvalue weighted by molar-refractivity contribution is 0.0948. The van der Waals surface area contributed by atoms with Gasteiger partial charge in [-0.15, -0.1) is 0 Å². The minimum Gasteiger partial charge on any atom is -0.366 e. The van der Waals surface area contributed by atoms with Crippen LogP contribution in [0.4, 0.5) is 5.82 Å². The molecule has 0 aliphatic heterocycles. The molecule has 0 radical (unpaired) electrons. The minimum atomic E-state index is -0.150. The standard InChI is InChI=1S/C18H24N4O/c1-4-5-9-19-18(23)16-11-17(22-14(3)21-16)20-12-15-8-6-7-13(2)10-15/h6-8,10-11H,4-5,9,12H2,1-3H3,(H,19,23)(H,20,21,22). The van der Waals surface area contributed by atoms with Crippen LogP contribution in [0, 0.1) is 13.8 Å². The molecule has 2 N–H and O–H groups in total. The van der Waals surface area contributed by atoms with Gasteiger partial charge in [-0.25, -0.2) is 9.97 Å². The monoisotopic (exact) mass is 312 g/mol. The third-order valence-electron chi connectivity index (χ3n) is 3.44. The molecule has 1 aromatic carbocycles. The number of nitrogens with zero attached hydrogens (tertiary/aromatic N) is 2. The van der Waals surface area contributed by atoms with Crippen LogP contribution in [0.3, 0.4) is 0 Å². The van der Waals surface area contributed by atoms with Gasteiger partial charge in [0, 0.05) is 19.2 Å². The van der Waals surface area contributed by atoms with Crippen LogP contribution in [0.5, 0.6) is 0 Å². The van der Waals surface area contributed by atoms with Crippen molar-refractivity contribution in [3.05, 3.63) is 53.0 Å². The summed E-state index contributed by atoms with van der Waals surface area (Å²) in [4.78, 5) is 20.7. The predicted octanol–water partition coefficient (Wildman–Crippen LogP) is 3.24. The number of benzene rings is 1. The van der Waals surface area contributed by atoms with E-state index in [4.69, 9.17) is 0 Å². The van der Waals surface area contributed by atoms with Crippen LogP contribution < -0.4 is 10.6 Å². The smallest absolute Gasteiger partial charge is 0.270 e. The Balaban J connectivity index is 2.03. The molecule has 0 fully saturated rings. The van der Waals surface area contributed by atoms with Crippen LogP contribution in [-0.2, 0) is 6.54 Å². The second kappa shape index (κ2) is 8.27. The highest BCUT2D eigenvalue weighted by Gasteiger charge is 2.10. The second-order valence-electron chi connectivity index (χ2n) is 5.64. The van der Waals surface area contributed by atoms with Crippen LogP contribution >= 0.6 is 0 Å². The zero-order valence-electron chi connectivity index (χ0n) is 14.0. The van der Waals surface area contributed by atoms with Crippen LogP contribution in [0.25, 0.3) is 0 Å². The molecule has 0 saturated carbocycles. The molecule has 23 heavy (non-hydrogen) atoms. The molecule has 0 spiro atoms. The number of hydrogen-bond donors (Lipinski definition) is 2. The van der Waals surface area contributed by atoms with E-state index in [0.717, 1.165) is 12.8 Å². The molecule has 2 aromatic rings. The Morgan fingerprint density at radius 2 is 2.00 bits per heavy atom. The first-order valence-electron chi connectivity index (χ1n) is 8.02. The SMILES string of the molecule is CCCCNC(=O)c1cc(NCc2cccc(C)c2)nc(C)n1. The maximum absolute atomic E-state index is 12.1. The van der Waals surface area contributed by atoms with Gasteiger partial charge >= 0.3 is 0 Å². The molecule has 2 rings (SSSR count). The highest BCUT2D eigenvalue weighted by Crippen LogP contribution is 2.10. The maximum atomic E-state index is 12.1. The Morgan fingerprint density at radius 1 is 1.17 bits per heavy atom. The van der Waals surface area contributed by atoms with Crippen molar-refractivity contribution >= 4 is 11.7 Å². The van der Waals surface area contributed by atoms with Crippen molar-refractivity contribution in [1.82, 2.24) is 15.3 Å². The van der Waals surface area contributed by atoms with Gasteiger partial charge in [0.25, 0.3) is 5.91 Å². The van der Waals surface area contributed by atoms with Gasteiger partial charge in [-0.2, -0.15) is 0 Å². The molecule has 5 nitrogen and oxygen atoms in total. The number of nitrogens with one attached hydrogen (secondary N) is 2. The molecule has 0 bridgehead atoms. The zero-order valence-corrected chi connectivity index (χ0v) is 14.0. The third-order valence-corrected chi connectivity index (χ3v) is 3.44. The van der Waals surface area contributed by atoms with E-state index in [1.807, 2.05) is 6.07 Å². The molecule has 1 amide bonds. The van der Waals surface area contributed by atoms with Gasteiger partial charge in [-0.3, -0.25) is 4.79 Å². The van der Waals surface area contributed by atoms with E-state index >= 15 is 0 Å². The van der Waals surface area contributed by atoms with Gasteiger partial charge in [0.05, 0.1) is 0 Å². The summed E-state index contributed by atoms with van der Waals surface area (Å²) >= 11 is 0. The predicted molar refractivity (Wildman–Crippen MR) is 92.5 cm³/mol. The van der Waals surface area contributed by atoms with Crippen LogP contribution in [0.1, 0.15) is 47.2 Å². The summed E-state index contributed by atoms with van der Waals surface area (Å²) in [5.41, 5.74) is 2.80. The number of aryl methyl sites for hydroxylation is 2. The van der Waals surface area contributed by atoms with Gasteiger partial charge < -0.3 is 10.6 Å². The summed E-state index contributed by atoms with van der Waals surface area (Å²) in [6, 6.07) is 9.98. The van der Waals surface area contributed by atoms with E-state index in [9.17, 15) is 4.79 Å². The lowest BCUT2D eigenvalue weighted by Gasteiger charge is -2.09. The Labute approximate surface area is 137 Å². The normalized spacial score (nSPS) is 10.4. The number of hydrogen-bond acceptors (Lipinski definition) is 4. The molecular formula is C18H24N4O. The summed E-state index contributed by atoms with van der Waals surface area (Å²) in [7, 11) is 0. The second-order valence-corrected chi connectivity index (χ2v) is 5.64. The van der Waals surface area contributed by atoms with E-state index in [-0.39, 0.29) is 5.91 Å². The zero-order chi connectivity index (χ0) is 16.7. The average molecular weight is 312 g/mol. The third kappa shape index (κ3) is 5.36. The van der Waals surface area contributed by atoms with Gasteiger partial charge in [-0.1, -0.05) is 43.2 Å². The van der Waals surface area contributed by atoms with Crippen LogP contribution in [0.15, 0.2) is 30.3 Å². The van der Waals surface area contributed by atoms with Crippen molar-refractivity contribution in [2.45, 2.75) is 40.2 Å². The van der Waals surface area contributed by atoms with Crippen molar-refractivity contribution in [2.75, 3.05) is 11.9 Å². The fraction of sp³-hybridized carbons (Fsp3) is 0.389.